The highest BCUT2D eigenvalue weighted by Gasteiger charge is 2.42. The smallest absolute Gasteiger partial charge is 0.338 e. The molecule has 5 nitrogen and oxygen atoms in total. The molecule has 1 saturated heterocycles. The zero-order valence-corrected chi connectivity index (χ0v) is 31.1. The Bertz CT molecular complexity index is 1110. The van der Waals surface area contributed by atoms with Crippen LogP contribution in [0.2, 0.25) is 43.8 Å². The summed E-state index contributed by atoms with van der Waals surface area (Å²) in [5.41, 5.74) is 3.61. The minimum Gasteiger partial charge on any atom is -0.462 e. The van der Waals surface area contributed by atoms with E-state index in [4.69, 9.17) is 18.6 Å². The van der Waals surface area contributed by atoms with Crippen molar-refractivity contribution in [2.24, 2.45) is 11.8 Å². The average molecular weight is 617 g/mol. The zero-order valence-electron chi connectivity index (χ0n) is 29.1. The number of hydrogen-bond acceptors (Lipinski definition) is 5. The predicted molar refractivity (Wildman–Crippen MR) is 182 cm³/mol. The topological polar surface area (TPSA) is 54.0 Å². The summed E-state index contributed by atoms with van der Waals surface area (Å²) in [5, 5.41) is 0.205. The Balaban J connectivity index is 2.12. The van der Waals surface area contributed by atoms with Crippen LogP contribution >= 0.6 is 0 Å². The van der Waals surface area contributed by atoms with Gasteiger partial charge in [-0.3, -0.25) is 0 Å². The Morgan fingerprint density at radius 3 is 2.29 bits per heavy atom. The first kappa shape index (κ1) is 36.7. The lowest BCUT2D eigenvalue weighted by Gasteiger charge is -2.36. The maximum atomic E-state index is 13.1. The van der Waals surface area contributed by atoms with Crippen LogP contribution in [0, 0.1) is 25.7 Å². The Morgan fingerprint density at radius 2 is 1.69 bits per heavy atom. The van der Waals surface area contributed by atoms with Crippen molar-refractivity contribution < 1.29 is 23.4 Å². The van der Waals surface area contributed by atoms with Gasteiger partial charge >= 0.3 is 5.97 Å². The molecule has 1 fully saturated rings. The van der Waals surface area contributed by atoms with Crippen molar-refractivity contribution >= 4 is 28.4 Å². The normalized spacial score (nSPS) is 21.3. The first-order valence-electron chi connectivity index (χ1n) is 15.7. The standard InChI is InChI=1S/C35H60O5Si2/c1-25(24-38-42(13,14)34(5,6)7)18-19-27(3)32-30(39-35(8,9)40-32)17-15-16-29-23-26(2)22-28(4)31(29)33(36)37-20-21-41(10,11)12/h15-16,18-19,22-23,25,27,30,32H,17,20-21,24H2,1-14H3/b16-15+,19-18-/t25-,27?,30+,32?/m1/s1. The number of rotatable bonds is 13. The fraction of sp³-hybridized carbons (Fsp3) is 0.686. The van der Waals surface area contributed by atoms with E-state index in [2.05, 4.69) is 98.6 Å². The van der Waals surface area contributed by atoms with Crippen LogP contribution in [0.25, 0.3) is 6.08 Å². The number of hydrogen-bond donors (Lipinski definition) is 0. The molecule has 1 aliphatic heterocycles. The third-order valence-electron chi connectivity index (χ3n) is 8.46. The molecular formula is C35H60O5Si2. The predicted octanol–water partition coefficient (Wildman–Crippen LogP) is 9.57. The minimum atomic E-state index is -1.77. The number of benzene rings is 1. The molecule has 0 aliphatic carbocycles. The molecule has 1 aromatic carbocycles. The number of carbonyl (C=O) groups excluding carboxylic acids is 1. The van der Waals surface area contributed by atoms with Crippen molar-refractivity contribution in [1.82, 2.24) is 0 Å². The third kappa shape index (κ3) is 11.2. The molecule has 0 amide bonds. The summed E-state index contributed by atoms with van der Waals surface area (Å²) in [6.45, 7) is 31.9. The summed E-state index contributed by atoms with van der Waals surface area (Å²) in [6, 6.07) is 5.07. The van der Waals surface area contributed by atoms with Gasteiger partial charge in [0.1, 0.15) is 0 Å². The van der Waals surface area contributed by atoms with E-state index in [0.29, 0.717) is 24.5 Å². The zero-order chi connectivity index (χ0) is 32.1. The van der Waals surface area contributed by atoms with Gasteiger partial charge in [-0.1, -0.05) is 96.3 Å². The molecule has 7 heteroatoms. The van der Waals surface area contributed by atoms with Crippen molar-refractivity contribution in [2.75, 3.05) is 13.2 Å². The first-order chi connectivity index (χ1) is 19.1. The van der Waals surface area contributed by atoms with Gasteiger partial charge in [0.15, 0.2) is 14.1 Å². The molecule has 42 heavy (non-hydrogen) atoms. The summed E-state index contributed by atoms with van der Waals surface area (Å²) in [7, 11) is -3.05. The summed E-state index contributed by atoms with van der Waals surface area (Å²) in [6.07, 6.45) is 9.20. The molecule has 2 unspecified atom stereocenters. The Labute approximate surface area is 259 Å². The molecule has 0 saturated carbocycles. The van der Waals surface area contributed by atoms with Gasteiger partial charge in [0.25, 0.3) is 0 Å². The Morgan fingerprint density at radius 1 is 1.05 bits per heavy atom. The summed E-state index contributed by atoms with van der Waals surface area (Å²) >= 11 is 0. The number of carbonyl (C=O) groups is 1. The summed E-state index contributed by atoms with van der Waals surface area (Å²) < 4.78 is 24.9. The van der Waals surface area contributed by atoms with Gasteiger partial charge in [0, 0.05) is 20.6 Å². The number of ether oxygens (including phenoxy) is 3. The van der Waals surface area contributed by atoms with Crippen LogP contribution in [0.3, 0.4) is 0 Å². The van der Waals surface area contributed by atoms with Crippen LogP contribution in [0.15, 0.2) is 30.4 Å². The van der Waals surface area contributed by atoms with Crippen molar-refractivity contribution in [2.45, 2.75) is 131 Å². The third-order valence-corrected chi connectivity index (χ3v) is 14.7. The van der Waals surface area contributed by atoms with Crippen LogP contribution in [0.5, 0.6) is 0 Å². The largest absolute Gasteiger partial charge is 0.462 e. The molecule has 0 bridgehead atoms. The van der Waals surface area contributed by atoms with E-state index >= 15 is 0 Å². The quantitative estimate of drug-likeness (QED) is 0.125. The lowest BCUT2D eigenvalue weighted by molar-refractivity contribution is -0.148. The van der Waals surface area contributed by atoms with Gasteiger partial charge in [-0.15, -0.1) is 0 Å². The molecule has 0 aromatic heterocycles. The fourth-order valence-electron chi connectivity index (χ4n) is 4.84. The summed E-state index contributed by atoms with van der Waals surface area (Å²) in [4.78, 5) is 13.1. The van der Waals surface area contributed by atoms with Crippen molar-refractivity contribution in [3.8, 4) is 0 Å². The second-order valence-electron chi connectivity index (χ2n) is 15.6. The number of esters is 1. The van der Waals surface area contributed by atoms with E-state index in [1.54, 1.807) is 0 Å². The second kappa shape index (κ2) is 14.5. The lowest BCUT2D eigenvalue weighted by atomic mass is 9.95. The van der Waals surface area contributed by atoms with Gasteiger partial charge in [0.2, 0.25) is 0 Å². The van der Waals surface area contributed by atoms with E-state index < -0.39 is 22.2 Å². The average Bonchev–Trinajstić information content (AvgIpc) is 3.13. The highest BCUT2D eigenvalue weighted by molar-refractivity contribution is 6.76. The SMILES string of the molecule is Cc1cc(C)c(C(=O)OCC[Si](C)(C)C)c(/C=C/C[C@@H]2OC(C)(C)OC2C(C)/C=C\[C@@H](C)CO[Si](C)(C)C(C)(C)C)c1. The van der Waals surface area contributed by atoms with Gasteiger partial charge in [-0.05, 0) is 75.3 Å². The Kier molecular flexibility index (Phi) is 12.7. The molecule has 1 heterocycles. The van der Waals surface area contributed by atoms with E-state index in [1.807, 2.05) is 32.9 Å². The van der Waals surface area contributed by atoms with Crippen molar-refractivity contribution in [1.29, 1.82) is 0 Å². The maximum absolute atomic E-state index is 13.1. The van der Waals surface area contributed by atoms with Crippen LogP contribution in [0.4, 0.5) is 0 Å². The molecule has 1 aromatic rings. The molecule has 2 rings (SSSR count). The van der Waals surface area contributed by atoms with Gasteiger partial charge in [0.05, 0.1) is 24.4 Å². The molecule has 0 N–H and O–H groups in total. The molecule has 238 valence electrons. The van der Waals surface area contributed by atoms with Crippen molar-refractivity contribution in [3.63, 3.8) is 0 Å². The summed E-state index contributed by atoms with van der Waals surface area (Å²) in [5.74, 6) is -0.384. The van der Waals surface area contributed by atoms with Gasteiger partial charge in [-0.2, -0.15) is 0 Å². The fourth-order valence-corrected chi connectivity index (χ4v) is 6.67. The second-order valence-corrected chi connectivity index (χ2v) is 26.0. The van der Waals surface area contributed by atoms with Crippen LogP contribution < -0.4 is 0 Å². The monoisotopic (exact) mass is 616 g/mol. The number of aryl methyl sites for hydroxylation is 2. The van der Waals surface area contributed by atoms with Gasteiger partial charge in [-0.25, -0.2) is 4.79 Å². The van der Waals surface area contributed by atoms with E-state index in [1.165, 1.54) is 0 Å². The molecular weight excluding hydrogens is 557 g/mol. The van der Waals surface area contributed by atoms with E-state index in [0.717, 1.165) is 29.3 Å². The van der Waals surface area contributed by atoms with Crippen molar-refractivity contribution in [3.05, 3.63) is 52.6 Å². The van der Waals surface area contributed by atoms with Crippen LogP contribution in [0.1, 0.15) is 81.9 Å². The highest BCUT2D eigenvalue weighted by atomic mass is 28.4. The minimum absolute atomic E-state index is 0.0698. The highest BCUT2D eigenvalue weighted by Crippen LogP contribution is 2.37. The molecule has 0 radical (unpaired) electrons. The van der Waals surface area contributed by atoms with Gasteiger partial charge < -0.3 is 18.6 Å². The molecule has 1 aliphatic rings. The first-order valence-corrected chi connectivity index (χ1v) is 22.4. The van der Waals surface area contributed by atoms with E-state index in [9.17, 15) is 4.79 Å². The Hall–Kier alpha value is -1.52. The van der Waals surface area contributed by atoms with Crippen LogP contribution in [-0.2, 0) is 18.6 Å². The van der Waals surface area contributed by atoms with E-state index in [-0.39, 0.29) is 29.1 Å². The molecule has 4 atom stereocenters. The maximum Gasteiger partial charge on any atom is 0.338 e. The molecule has 0 spiro atoms. The van der Waals surface area contributed by atoms with Crippen LogP contribution in [-0.4, -0.2) is 53.6 Å². The lowest BCUT2D eigenvalue weighted by Crippen LogP contribution is -2.41.